The monoisotopic (exact) mass is 203 g/mol. The SMILES string of the molecule is CCC(C)C1NCCC1c1ccccc1. The fourth-order valence-electron chi connectivity index (χ4n) is 2.65. The first-order valence-electron chi connectivity index (χ1n) is 6.11. The van der Waals surface area contributed by atoms with Crippen LogP contribution in [0.25, 0.3) is 0 Å². The summed E-state index contributed by atoms with van der Waals surface area (Å²) in [5.41, 5.74) is 1.51. The van der Waals surface area contributed by atoms with Crippen LogP contribution in [0.3, 0.4) is 0 Å². The molecule has 1 heteroatoms. The molecule has 1 fully saturated rings. The Morgan fingerprint density at radius 1 is 1.33 bits per heavy atom. The first-order valence-corrected chi connectivity index (χ1v) is 6.11. The Morgan fingerprint density at radius 2 is 2.07 bits per heavy atom. The first kappa shape index (κ1) is 10.7. The molecule has 0 bridgehead atoms. The van der Waals surface area contributed by atoms with E-state index in [2.05, 4.69) is 49.5 Å². The molecule has 0 aromatic heterocycles. The van der Waals surface area contributed by atoms with E-state index < -0.39 is 0 Å². The highest BCUT2D eigenvalue weighted by Gasteiger charge is 2.30. The van der Waals surface area contributed by atoms with Gasteiger partial charge in [0.15, 0.2) is 0 Å². The fourth-order valence-corrected chi connectivity index (χ4v) is 2.65. The van der Waals surface area contributed by atoms with Crippen LogP contribution >= 0.6 is 0 Å². The Kier molecular flexibility index (Phi) is 3.42. The summed E-state index contributed by atoms with van der Waals surface area (Å²) in [6, 6.07) is 11.6. The lowest BCUT2D eigenvalue weighted by molar-refractivity contribution is 0.379. The Morgan fingerprint density at radius 3 is 2.73 bits per heavy atom. The standard InChI is InChI=1S/C14H21N/c1-3-11(2)14-13(9-10-15-14)12-7-5-4-6-8-12/h4-8,11,13-15H,3,9-10H2,1-2H3. The predicted molar refractivity (Wildman–Crippen MR) is 65.0 cm³/mol. The Bertz CT molecular complexity index is 293. The van der Waals surface area contributed by atoms with Gasteiger partial charge in [0.25, 0.3) is 0 Å². The van der Waals surface area contributed by atoms with Crippen LogP contribution in [0.1, 0.15) is 38.2 Å². The van der Waals surface area contributed by atoms with E-state index in [-0.39, 0.29) is 0 Å². The summed E-state index contributed by atoms with van der Waals surface area (Å²) in [4.78, 5) is 0. The molecule has 0 saturated carbocycles. The van der Waals surface area contributed by atoms with Crippen LogP contribution in [0.2, 0.25) is 0 Å². The molecule has 3 unspecified atom stereocenters. The number of nitrogens with one attached hydrogen (secondary N) is 1. The summed E-state index contributed by atoms with van der Waals surface area (Å²) in [5, 5.41) is 3.66. The summed E-state index contributed by atoms with van der Waals surface area (Å²) in [5.74, 6) is 1.50. The van der Waals surface area contributed by atoms with Crippen molar-refractivity contribution in [2.75, 3.05) is 6.54 Å². The van der Waals surface area contributed by atoms with Crippen LogP contribution in [0.15, 0.2) is 30.3 Å². The van der Waals surface area contributed by atoms with Crippen LogP contribution < -0.4 is 5.32 Å². The van der Waals surface area contributed by atoms with Gasteiger partial charge in [0.05, 0.1) is 0 Å². The number of benzene rings is 1. The molecule has 1 N–H and O–H groups in total. The second kappa shape index (κ2) is 4.80. The number of hydrogen-bond donors (Lipinski definition) is 1. The van der Waals surface area contributed by atoms with Gasteiger partial charge in [0.1, 0.15) is 0 Å². The lowest BCUT2D eigenvalue weighted by Crippen LogP contribution is -2.32. The number of rotatable bonds is 3. The van der Waals surface area contributed by atoms with Crippen LogP contribution in [-0.2, 0) is 0 Å². The Hall–Kier alpha value is -0.820. The molecule has 1 saturated heterocycles. The van der Waals surface area contributed by atoms with Gasteiger partial charge in [-0.15, -0.1) is 0 Å². The van der Waals surface area contributed by atoms with Crippen molar-refractivity contribution in [2.45, 2.75) is 38.6 Å². The summed E-state index contributed by atoms with van der Waals surface area (Å²) in [6.45, 7) is 5.82. The minimum Gasteiger partial charge on any atom is -0.313 e. The van der Waals surface area contributed by atoms with Crippen molar-refractivity contribution >= 4 is 0 Å². The van der Waals surface area contributed by atoms with Gasteiger partial charge in [0.2, 0.25) is 0 Å². The molecule has 0 aliphatic carbocycles. The van der Waals surface area contributed by atoms with Crippen molar-refractivity contribution in [3.63, 3.8) is 0 Å². The maximum Gasteiger partial charge on any atom is 0.0162 e. The topological polar surface area (TPSA) is 12.0 Å². The van der Waals surface area contributed by atoms with Crippen molar-refractivity contribution in [3.8, 4) is 0 Å². The van der Waals surface area contributed by atoms with Crippen molar-refractivity contribution < 1.29 is 0 Å². The molecule has 1 heterocycles. The van der Waals surface area contributed by atoms with Gasteiger partial charge in [-0.3, -0.25) is 0 Å². The lowest BCUT2D eigenvalue weighted by atomic mass is 9.84. The highest BCUT2D eigenvalue weighted by molar-refractivity contribution is 5.23. The zero-order chi connectivity index (χ0) is 10.7. The smallest absolute Gasteiger partial charge is 0.0162 e. The maximum absolute atomic E-state index is 3.66. The molecular weight excluding hydrogens is 182 g/mol. The molecule has 2 rings (SSSR count). The number of hydrogen-bond acceptors (Lipinski definition) is 1. The molecule has 1 aromatic rings. The van der Waals surface area contributed by atoms with Crippen LogP contribution in [0.5, 0.6) is 0 Å². The zero-order valence-electron chi connectivity index (χ0n) is 9.74. The second-order valence-electron chi connectivity index (χ2n) is 4.67. The highest BCUT2D eigenvalue weighted by Crippen LogP contribution is 2.32. The van der Waals surface area contributed by atoms with Gasteiger partial charge < -0.3 is 5.32 Å². The molecule has 0 amide bonds. The van der Waals surface area contributed by atoms with Gasteiger partial charge >= 0.3 is 0 Å². The van der Waals surface area contributed by atoms with E-state index >= 15 is 0 Å². The van der Waals surface area contributed by atoms with Crippen LogP contribution in [-0.4, -0.2) is 12.6 Å². The van der Waals surface area contributed by atoms with Gasteiger partial charge in [-0.2, -0.15) is 0 Å². The van der Waals surface area contributed by atoms with Gasteiger partial charge in [-0.05, 0) is 24.4 Å². The molecule has 1 nitrogen and oxygen atoms in total. The fraction of sp³-hybridized carbons (Fsp3) is 0.571. The third-order valence-electron chi connectivity index (χ3n) is 3.75. The van der Waals surface area contributed by atoms with Gasteiger partial charge in [-0.25, -0.2) is 0 Å². The Labute approximate surface area is 92.9 Å². The quantitative estimate of drug-likeness (QED) is 0.795. The normalized spacial score (nSPS) is 27.9. The Balaban J connectivity index is 2.15. The second-order valence-corrected chi connectivity index (χ2v) is 4.67. The maximum atomic E-state index is 3.66. The van der Waals surface area contributed by atoms with E-state index in [0.29, 0.717) is 6.04 Å². The van der Waals surface area contributed by atoms with E-state index in [1.165, 1.54) is 24.9 Å². The average molecular weight is 203 g/mol. The van der Waals surface area contributed by atoms with Crippen LogP contribution in [0, 0.1) is 5.92 Å². The van der Waals surface area contributed by atoms with E-state index in [9.17, 15) is 0 Å². The van der Waals surface area contributed by atoms with Gasteiger partial charge in [-0.1, -0.05) is 50.6 Å². The molecule has 1 aromatic carbocycles. The van der Waals surface area contributed by atoms with E-state index in [1.54, 1.807) is 0 Å². The van der Waals surface area contributed by atoms with Crippen molar-refractivity contribution in [1.82, 2.24) is 5.32 Å². The highest BCUT2D eigenvalue weighted by atomic mass is 15.0. The molecule has 82 valence electrons. The lowest BCUT2D eigenvalue weighted by Gasteiger charge is -2.25. The third-order valence-corrected chi connectivity index (χ3v) is 3.75. The first-order chi connectivity index (χ1) is 7.33. The minimum absolute atomic E-state index is 0.678. The van der Waals surface area contributed by atoms with E-state index in [1.807, 2.05) is 0 Å². The summed E-state index contributed by atoms with van der Waals surface area (Å²) in [7, 11) is 0. The predicted octanol–water partition coefficient (Wildman–Crippen LogP) is 3.18. The molecule has 1 aliphatic heterocycles. The van der Waals surface area contributed by atoms with Gasteiger partial charge in [0, 0.05) is 12.0 Å². The van der Waals surface area contributed by atoms with Crippen molar-refractivity contribution in [1.29, 1.82) is 0 Å². The van der Waals surface area contributed by atoms with E-state index in [4.69, 9.17) is 0 Å². The summed E-state index contributed by atoms with van der Waals surface area (Å²) >= 11 is 0. The molecule has 1 aliphatic rings. The molecule has 0 spiro atoms. The molecular formula is C14H21N. The molecule has 0 radical (unpaired) electrons. The third kappa shape index (κ3) is 2.23. The summed E-state index contributed by atoms with van der Waals surface area (Å²) in [6.07, 6.45) is 2.56. The molecule has 15 heavy (non-hydrogen) atoms. The van der Waals surface area contributed by atoms with Crippen molar-refractivity contribution in [2.24, 2.45) is 5.92 Å². The minimum atomic E-state index is 0.678. The van der Waals surface area contributed by atoms with Crippen molar-refractivity contribution in [3.05, 3.63) is 35.9 Å². The largest absolute Gasteiger partial charge is 0.313 e. The molecule has 3 atom stereocenters. The van der Waals surface area contributed by atoms with Crippen LogP contribution in [0.4, 0.5) is 0 Å². The average Bonchev–Trinajstić information content (AvgIpc) is 2.78. The van der Waals surface area contributed by atoms with E-state index in [0.717, 1.165) is 11.8 Å². The summed E-state index contributed by atoms with van der Waals surface area (Å²) < 4.78 is 0. The zero-order valence-corrected chi connectivity index (χ0v) is 9.74.